The third-order valence-electron chi connectivity index (χ3n) is 2.52. The maximum atomic E-state index is 6.10. The molecule has 0 fully saturated rings. The van der Waals surface area contributed by atoms with Crippen LogP contribution in [-0.4, -0.2) is 0 Å². The Morgan fingerprint density at radius 2 is 2.19 bits per heavy atom. The Morgan fingerprint density at radius 1 is 1.38 bits per heavy atom. The van der Waals surface area contributed by atoms with E-state index < -0.39 is 0 Å². The van der Waals surface area contributed by atoms with E-state index in [-0.39, 0.29) is 6.04 Å². The van der Waals surface area contributed by atoms with Gasteiger partial charge in [-0.2, -0.15) is 0 Å². The number of aryl methyl sites for hydroxylation is 1. The van der Waals surface area contributed by atoms with Crippen LogP contribution >= 0.6 is 15.9 Å². The molecule has 0 saturated carbocycles. The lowest BCUT2D eigenvalue weighted by molar-refractivity contribution is 0.462. The highest BCUT2D eigenvalue weighted by Gasteiger charge is 2.13. The minimum Gasteiger partial charge on any atom is -0.466 e. The van der Waals surface area contributed by atoms with Crippen molar-refractivity contribution < 1.29 is 4.42 Å². The van der Waals surface area contributed by atoms with Gasteiger partial charge in [-0.15, -0.1) is 0 Å². The standard InChI is InChI=1S/C13H14BrNO/c1-9-3-2-4-10(7-9)8-12(15)13-11(14)5-6-16-13/h2-7,12H,8,15H2,1H3. The SMILES string of the molecule is Cc1cccc(CC(N)c2occc2Br)c1. The Kier molecular flexibility index (Phi) is 3.46. The van der Waals surface area contributed by atoms with Gasteiger partial charge in [-0.25, -0.2) is 0 Å². The van der Waals surface area contributed by atoms with Crippen LogP contribution in [0.15, 0.2) is 45.5 Å². The van der Waals surface area contributed by atoms with Crippen molar-refractivity contribution in [1.29, 1.82) is 0 Å². The van der Waals surface area contributed by atoms with E-state index in [0.717, 1.165) is 16.7 Å². The van der Waals surface area contributed by atoms with Gasteiger partial charge in [0.15, 0.2) is 0 Å². The first-order valence-corrected chi connectivity index (χ1v) is 6.00. The summed E-state index contributed by atoms with van der Waals surface area (Å²) in [6.45, 7) is 2.08. The Morgan fingerprint density at radius 3 is 2.81 bits per heavy atom. The Balaban J connectivity index is 2.14. The van der Waals surface area contributed by atoms with Crippen LogP contribution in [0.5, 0.6) is 0 Å². The Labute approximate surface area is 104 Å². The van der Waals surface area contributed by atoms with Gasteiger partial charge in [-0.1, -0.05) is 29.8 Å². The van der Waals surface area contributed by atoms with Crippen molar-refractivity contribution in [3.63, 3.8) is 0 Å². The fraction of sp³-hybridized carbons (Fsp3) is 0.231. The summed E-state index contributed by atoms with van der Waals surface area (Å²) in [6.07, 6.45) is 2.43. The van der Waals surface area contributed by atoms with Crippen molar-refractivity contribution in [2.24, 2.45) is 5.73 Å². The van der Waals surface area contributed by atoms with Crippen molar-refractivity contribution in [3.8, 4) is 0 Å². The number of rotatable bonds is 3. The smallest absolute Gasteiger partial charge is 0.134 e. The summed E-state index contributed by atoms with van der Waals surface area (Å²) < 4.78 is 6.29. The third kappa shape index (κ3) is 2.54. The van der Waals surface area contributed by atoms with Crippen molar-refractivity contribution in [2.75, 3.05) is 0 Å². The van der Waals surface area contributed by atoms with E-state index in [2.05, 4.69) is 47.1 Å². The van der Waals surface area contributed by atoms with Gasteiger partial charge in [0, 0.05) is 0 Å². The molecule has 0 aliphatic rings. The minimum atomic E-state index is -0.105. The molecule has 0 spiro atoms. The van der Waals surface area contributed by atoms with Gasteiger partial charge in [0.25, 0.3) is 0 Å². The van der Waals surface area contributed by atoms with Crippen molar-refractivity contribution in [3.05, 3.63) is 58.0 Å². The van der Waals surface area contributed by atoms with Crippen molar-refractivity contribution in [2.45, 2.75) is 19.4 Å². The quantitative estimate of drug-likeness (QED) is 0.933. The molecule has 2 nitrogen and oxygen atoms in total. The number of hydrogen-bond acceptors (Lipinski definition) is 2. The van der Waals surface area contributed by atoms with Crippen LogP contribution in [0, 0.1) is 6.92 Å². The number of benzene rings is 1. The number of halogens is 1. The molecule has 1 atom stereocenters. The van der Waals surface area contributed by atoms with Crippen LogP contribution in [0.25, 0.3) is 0 Å². The molecule has 0 aliphatic heterocycles. The largest absolute Gasteiger partial charge is 0.466 e. The second-order valence-corrected chi connectivity index (χ2v) is 4.79. The summed E-state index contributed by atoms with van der Waals surface area (Å²) in [5.74, 6) is 0.807. The molecule has 1 heterocycles. The fourth-order valence-corrected chi connectivity index (χ4v) is 2.25. The predicted molar refractivity (Wildman–Crippen MR) is 68.2 cm³/mol. The van der Waals surface area contributed by atoms with Gasteiger partial charge in [0.1, 0.15) is 5.76 Å². The highest BCUT2D eigenvalue weighted by atomic mass is 79.9. The summed E-state index contributed by atoms with van der Waals surface area (Å²) in [4.78, 5) is 0. The molecule has 2 aromatic rings. The molecule has 2 N–H and O–H groups in total. The van der Waals surface area contributed by atoms with Crippen LogP contribution in [0.1, 0.15) is 22.9 Å². The first-order chi connectivity index (χ1) is 7.66. The second-order valence-electron chi connectivity index (χ2n) is 3.93. The molecular weight excluding hydrogens is 266 g/mol. The van der Waals surface area contributed by atoms with Crippen molar-refractivity contribution >= 4 is 15.9 Å². The van der Waals surface area contributed by atoms with E-state index in [1.807, 2.05) is 6.07 Å². The van der Waals surface area contributed by atoms with Gasteiger partial charge in [-0.05, 0) is 40.9 Å². The highest BCUT2D eigenvalue weighted by molar-refractivity contribution is 9.10. The van der Waals surface area contributed by atoms with Crippen LogP contribution in [0.3, 0.4) is 0 Å². The van der Waals surface area contributed by atoms with Crippen LogP contribution in [-0.2, 0) is 6.42 Å². The van der Waals surface area contributed by atoms with E-state index in [0.29, 0.717) is 0 Å². The third-order valence-corrected chi connectivity index (χ3v) is 3.17. The Bertz CT molecular complexity index is 478. The topological polar surface area (TPSA) is 39.2 Å². The van der Waals surface area contributed by atoms with Crippen LogP contribution < -0.4 is 5.73 Å². The lowest BCUT2D eigenvalue weighted by Gasteiger charge is -2.10. The maximum Gasteiger partial charge on any atom is 0.134 e. The zero-order chi connectivity index (χ0) is 11.5. The number of nitrogens with two attached hydrogens (primary N) is 1. The lowest BCUT2D eigenvalue weighted by atomic mass is 10.0. The van der Waals surface area contributed by atoms with Crippen LogP contribution in [0.4, 0.5) is 0 Å². The van der Waals surface area contributed by atoms with Gasteiger partial charge in [0.2, 0.25) is 0 Å². The van der Waals surface area contributed by atoms with E-state index in [9.17, 15) is 0 Å². The molecule has 0 amide bonds. The molecule has 0 aliphatic carbocycles. The Hall–Kier alpha value is -1.06. The zero-order valence-electron chi connectivity index (χ0n) is 9.11. The zero-order valence-corrected chi connectivity index (χ0v) is 10.7. The number of furan rings is 1. The first-order valence-electron chi connectivity index (χ1n) is 5.21. The average molecular weight is 280 g/mol. The summed E-state index contributed by atoms with van der Waals surface area (Å²) in [6, 6.07) is 10.1. The summed E-state index contributed by atoms with van der Waals surface area (Å²) in [7, 11) is 0. The summed E-state index contributed by atoms with van der Waals surface area (Å²) in [5, 5.41) is 0. The molecule has 1 aromatic carbocycles. The van der Waals surface area contributed by atoms with E-state index in [4.69, 9.17) is 10.2 Å². The maximum absolute atomic E-state index is 6.10. The highest BCUT2D eigenvalue weighted by Crippen LogP contribution is 2.25. The molecule has 0 saturated heterocycles. The monoisotopic (exact) mass is 279 g/mol. The predicted octanol–water partition coefficient (Wildman–Crippen LogP) is 3.59. The molecule has 0 bridgehead atoms. The van der Waals surface area contributed by atoms with Gasteiger partial charge in [-0.3, -0.25) is 0 Å². The molecular formula is C13H14BrNO. The van der Waals surface area contributed by atoms with Gasteiger partial charge >= 0.3 is 0 Å². The van der Waals surface area contributed by atoms with Gasteiger partial charge < -0.3 is 10.2 Å². The van der Waals surface area contributed by atoms with E-state index in [1.54, 1.807) is 6.26 Å². The molecule has 1 aromatic heterocycles. The fourth-order valence-electron chi connectivity index (χ4n) is 1.76. The molecule has 16 heavy (non-hydrogen) atoms. The van der Waals surface area contributed by atoms with Crippen molar-refractivity contribution in [1.82, 2.24) is 0 Å². The minimum absolute atomic E-state index is 0.105. The first kappa shape index (κ1) is 11.4. The molecule has 2 rings (SSSR count). The number of hydrogen-bond donors (Lipinski definition) is 1. The van der Waals surface area contributed by atoms with Gasteiger partial charge in [0.05, 0.1) is 16.8 Å². The molecule has 84 valence electrons. The average Bonchev–Trinajstić information content (AvgIpc) is 2.64. The molecule has 1 unspecified atom stereocenters. The van der Waals surface area contributed by atoms with E-state index in [1.165, 1.54) is 11.1 Å². The summed E-state index contributed by atoms with van der Waals surface area (Å²) in [5.41, 5.74) is 8.58. The van der Waals surface area contributed by atoms with Crippen LogP contribution in [0.2, 0.25) is 0 Å². The van der Waals surface area contributed by atoms with E-state index >= 15 is 0 Å². The lowest BCUT2D eigenvalue weighted by Crippen LogP contribution is -2.13. The molecule has 3 heteroatoms. The molecule has 0 radical (unpaired) electrons. The normalized spacial score (nSPS) is 12.7. The second kappa shape index (κ2) is 4.85. The summed E-state index contributed by atoms with van der Waals surface area (Å²) >= 11 is 3.42.